The fourth-order valence-electron chi connectivity index (χ4n) is 3.09. The van der Waals surface area contributed by atoms with Gasteiger partial charge in [-0.25, -0.2) is 4.79 Å². The average Bonchev–Trinajstić information content (AvgIpc) is 2.79. The number of aliphatic carboxylic acids is 1. The number of hydrogen-bond donors (Lipinski definition) is 5. The number of carboxylic acids is 1. The van der Waals surface area contributed by atoms with Gasteiger partial charge in [0.1, 0.15) is 18.1 Å². The van der Waals surface area contributed by atoms with E-state index < -0.39 is 47.9 Å². The lowest BCUT2D eigenvalue weighted by Gasteiger charge is -2.23. The summed E-state index contributed by atoms with van der Waals surface area (Å²) in [5, 5.41) is 17.1. The minimum atomic E-state index is -1.18. The van der Waals surface area contributed by atoms with Gasteiger partial charge in [-0.2, -0.15) is 0 Å². The molecule has 0 saturated carbocycles. The highest BCUT2D eigenvalue weighted by molar-refractivity contribution is 5.94. The molecule has 0 aliphatic heterocycles. The lowest BCUT2D eigenvalue weighted by atomic mass is 10.0. The summed E-state index contributed by atoms with van der Waals surface area (Å²) < 4.78 is 0. The van der Waals surface area contributed by atoms with Crippen LogP contribution in [-0.4, -0.2) is 53.0 Å². The van der Waals surface area contributed by atoms with Gasteiger partial charge >= 0.3 is 5.97 Å². The van der Waals surface area contributed by atoms with Crippen LogP contribution in [0.4, 0.5) is 0 Å². The van der Waals surface area contributed by atoms with Gasteiger partial charge in [-0.1, -0.05) is 60.7 Å². The molecule has 6 N–H and O–H groups in total. The first-order chi connectivity index (χ1) is 15.7. The van der Waals surface area contributed by atoms with Crippen LogP contribution >= 0.6 is 0 Å². The Kier molecular flexibility index (Phi) is 9.56. The van der Waals surface area contributed by atoms with Gasteiger partial charge in [0, 0.05) is 12.8 Å². The minimum Gasteiger partial charge on any atom is -0.480 e. The number of rotatable bonds is 11. The number of carbonyl (C=O) groups excluding carboxylic acids is 3. The maximum Gasteiger partial charge on any atom is 0.326 e. The van der Waals surface area contributed by atoms with E-state index in [1.165, 1.54) is 13.8 Å². The van der Waals surface area contributed by atoms with E-state index in [2.05, 4.69) is 16.0 Å². The number of carbonyl (C=O) groups is 4. The molecule has 0 bridgehead atoms. The van der Waals surface area contributed by atoms with Crippen molar-refractivity contribution >= 4 is 23.7 Å². The van der Waals surface area contributed by atoms with Gasteiger partial charge in [0.25, 0.3) is 0 Å². The normalized spacial score (nSPS) is 14.3. The van der Waals surface area contributed by atoms with Crippen molar-refractivity contribution in [1.82, 2.24) is 16.0 Å². The van der Waals surface area contributed by atoms with Gasteiger partial charge in [0.05, 0.1) is 6.04 Å². The first-order valence-electron chi connectivity index (χ1n) is 10.6. The summed E-state index contributed by atoms with van der Waals surface area (Å²) in [4.78, 5) is 49.2. The van der Waals surface area contributed by atoms with Gasteiger partial charge in [-0.05, 0) is 25.0 Å². The summed E-state index contributed by atoms with van der Waals surface area (Å²) in [6, 6.07) is 14.0. The molecule has 3 amide bonds. The number of nitrogens with two attached hydrogens (primary N) is 1. The zero-order chi connectivity index (χ0) is 24.4. The van der Waals surface area contributed by atoms with Crippen molar-refractivity contribution in [3.8, 4) is 0 Å². The quantitative estimate of drug-likeness (QED) is 0.331. The molecule has 2 aromatic carbocycles. The Morgan fingerprint density at radius 2 is 1.18 bits per heavy atom. The summed E-state index contributed by atoms with van der Waals surface area (Å²) in [7, 11) is 0. The third-order valence-corrected chi connectivity index (χ3v) is 4.98. The van der Waals surface area contributed by atoms with Crippen molar-refractivity contribution in [3.63, 3.8) is 0 Å². The van der Waals surface area contributed by atoms with Crippen molar-refractivity contribution in [1.29, 1.82) is 0 Å². The minimum absolute atomic E-state index is 0.101. The fraction of sp³-hybridized carbons (Fsp3) is 0.333. The van der Waals surface area contributed by atoms with Gasteiger partial charge in [-0.15, -0.1) is 0 Å². The van der Waals surface area contributed by atoms with E-state index in [0.29, 0.717) is 0 Å². The molecule has 9 heteroatoms. The lowest BCUT2D eigenvalue weighted by Crippen LogP contribution is -2.56. The van der Waals surface area contributed by atoms with Crippen LogP contribution in [0.2, 0.25) is 0 Å². The fourth-order valence-corrected chi connectivity index (χ4v) is 3.09. The largest absolute Gasteiger partial charge is 0.480 e. The highest BCUT2D eigenvalue weighted by Crippen LogP contribution is 2.06. The van der Waals surface area contributed by atoms with Crippen LogP contribution in [-0.2, 0) is 32.0 Å². The molecule has 2 aromatic rings. The molecule has 4 unspecified atom stereocenters. The summed E-state index contributed by atoms with van der Waals surface area (Å²) in [6.45, 7) is 2.95. The van der Waals surface area contributed by atoms with E-state index in [9.17, 15) is 24.3 Å². The molecule has 0 aromatic heterocycles. The van der Waals surface area contributed by atoms with Crippen LogP contribution in [0.1, 0.15) is 25.0 Å². The average molecular weight is 455 g/mol. The number of amides is 3. The second-order valence-electron chi connectivity index (χ2n) is 7.86. The monoisotopic (exact) mass is 454 g/mol. The highest BCUT2D eigenvalue weighted by atomic mass is 16.4. The van der Waals surface area contributed by atoms with Crippen LogP contribution < -0.4 is 21.7 Å². The first-order valence-corrected chi connectivity index (χ1v) is 10.6. The molecule has 0 saturated heterocycles. The maximum absolute atomic E-state index is 12.9. The summed E-state index contributed by atoms with van der Waals surface area (Å²) in [6.07, 6.45) is 0.300. The summed E-state index contributed by atoms with van der Waals surface area (Å²) >= 11 is 0. The van der Waals surface area contributed by atoms with Crippen LogP contribution in [0.3, 0.4) is 0 Å². The Bertz CT molecular complexity index is 950. The molecule has 0 spiro atoms. The van der Waals surface area contributed by atoms with Crippen molar-refractivity contribution in [3.05, 3.63) is 71.8 Å². The zero-order valence-electron chi connectivity index (χ0n) is 18.7. The van der Waals surface area contributed by atoms with Gasteiger partial charge < -0.3 is 26.8 Å². The number of nitrogens with one attached hydrogen (secondary N) is 3. The van der Waals surface area contributed by atoms with E-state index in [4.69, 9.17) is 5.73 Å². The van der Waals surface area contributed by atoms with Gasteiger partial charge in [0.2, 0.25) is 17.7 Å². The van der Waals surface area contributed by atoms with Crippen molar-refractivity contribution < 1.29 is 24.3 Å². The Hall–Kier alpha value is -3.72. The van der Waals surface area contributed by atoms with E-state index in [-0.39, 0.29) is 12.8 Å². The molecule has 0 aliphatic rings. The van der Waals surface area contributed by atoms with E-state index >= 15 is 0 Å². The topological polar surface area (TPSA) is 151 Å². The molecule has 176 valence electrons. The number of hydrogen-bond acceptors (Lipinski definition) is 5. The lowest BCUT2D eigenvalue weighted by molar-refractivity contribution is -0.142. The summed E-state index contributed by atoms with van der Waals surface area (Å²) in [5.41, 5.74) is 7.18. The van der Waals surface area contributed by atoms with Crippen molar-refractivity contribution in [2.75, 3.05) is 0 Å². The molecule has 4 atom stereocenters. The van der Waals surface area contributed by atoms with Crippen LogP contribution in [0, 0.1) is 0 Å². The predicted molar refractivity (Wildman–Crippen MR) is 123 cm³/mol. The molecule has 9 nitrogen and oxygen atoms in total. The third-order valence-electron chi connectivity index (χ3n) is 4.98. The number of benzene rings is 2. The second-order valence-corrected chi connectivity index (χ2v) is 7.86. The molecular formula is C24H30N4O5. The van der Waals surface area contributed by atoms with E-state index in [1.807, 2.05) is 36.4 Å². The molecule has 0 heterocycles. The smallest absolute Gasteiger partial charge is 0.326 e. The van der Waals surface area contributed by atoms with Gasteiger partial charge in [0.15, 0.2) is 0 Å². The van der Waals surface area contributed by atoms with E-state index in [0.717, 1.165) is 11.1 Å². The zero-order valence-corrected chi connectivity index (χ0v) is 18.7. The molecule has 2 rings (SSSR count). The Labute approximate surface area is 192 Å². The Balaban J connectivity index is 2.04. The summed E-state index contributed by atoms with van der Waals surface area (Å²) in [5.74, 6) is -2.91. The SMILES string of the molecule is CC(N)C(=O)NC(Cc1ccccc1)C(=O)NC(C)C(=O)NC(Cc1ccccc1)C(=O)O. The number of carboxylic acid groups (broad SMARTS) is 1. The maximum atomic E-state index is 12.9. The van der Waals surface area contributed by atoms with Gasteiger partial charge in [-0.3, -0.25) is 14.4 Å². The molecule has 33 heavy (non-hydrogen) atoms. The molecule has 0 aliphatic carbocycles. The molecule has 0 radical (unpaired) electrons. The Morgan fingerprint density at radius 1 is 0.727 bits per heavy atom. The molecular weight excluding hydrogens is 424 g/mol. The highest BCUT2D eigenvalue weighted by Gasteiger charge is 2.28. The standard InChI is InChI=1S/C24H30N4O5/c1-15(25)21(29)27-19(13-17-9-5-3-6-10-17)23(31)26-16(2)22(30)28-20(24(32)33)14-18-11-7-4-8-12-18/h3-12,15-16,19-20H,13-14,25H2,1-2H3,(H,26,31)(H,27,29)(H,28,30)(H,32,33). The van der Waals surface area contributed by atoms with Crippen LogP contribution in [0.25, 0.3) is 0 Å². The first kappa shape index (κ1) is 25.5. The Morgan fingerprint density at radius 3 is 1.64 bits per heavy atom. The van der Waals surface area contributed by atoms with Crippen molar-refractivity contribution in [2.24, 2.45) is 5.73 Å². The predicted octanol–water partition coefficient (Wildman–Crippen LogP) is 0.378. The van der Waals surface area contributed by atoms with E-state index in [1.54, 1.807) is 24.3 Å². The van der Waals surface area contributed by atoms with Crippen molar-refractivity contribution in [2.45, 2.75) is 50.9 Å². The third kappa shape index (κ3) is 8.38. The second kappa shape index (κ2) is 12.4. The van der Waals surface area contributed by atoms with Crippen LogP contribution in [0.5, 0.6) is 0 Å². The van der Waals surface area contributed by atoms with Crippen LogP contribution in [0.15, 0.2) is 60.7 Å². The molecule has 0 fully saturated rings.